The van der Waals surface area contributed by atoms with Crippen LogP contribution < -0.4 is 5.73 Å². The fourth-order valence-electron chi connectivity index (χ4n) is 1.89. The van der Waals surface area contributed by atoms with E-state index in [1.165, 1.54) is 0 Å². The lowest BCUT2D eigenvalue weighted by molar-refractivity contribution is -0.117. The standard InChI is InChI=1S/C14H21ClN2O3S/c1-11(12-5-3-4-6-13(12)15)17(2)8-10-21(19,20)9-7-14(16)18/h3-6,11H,7-10H2,1-2H3,(H2,16,18)/t11-/m0/s1. The predicted octanol–water partition coefficient (Wildman–Crippen LogP) is 1.62. The molecule has 1 amide bonds. The minimum Gasteiger partial charge on any atom is -0.370 e. The second-order valence-corrected chi connectivity index (χ2v) is 7.76. The quantitative estimate of drug-likeness (QED) is 0.784. The predicted molar refractivity (Wildman–Crippen MR) is 85.0 cm³/mol. The Morgan fingerprint density at radius 3 is 2.52 bits per heavy atom. The van der Waals surface area contributed by atoms with Crippen LogP contribution in [-0.4, -0.2) is 44.3 Å². The molecule has 7 heteroatoms. The van der Waals surface area contributed by atoms with E-state index in [1.54, 1.807) is 0 Å². The van der Waals surface area contributed by atoms with Gasteiger partial charge in [0.25, 0.3) is 0 Å². The molecule has 5 nitrogen and oxygen atoms in total. The maximum Gasteiger partial charge on any atom is 0.218 e. The number of benzene rings is 1. The summed E-state index contributed by atoms with van der Waals surface area (Å²) in [6.07, 6.45) is -0.133. The van der Waals surface area contributed by atoms with Crippen LogP contribution in [0.5, 0.6) is 0 Å². The number of nitrogens with two attached hydrogens (primary N) is 1. The first-order valence-electron chi connectivity index (χ1n) is 6.66. The first-order valence-corrected chi connectivity index (χ1v) is 8.86. The molecule has 1 aromatic rings. The second-order valence-electron chi connectivity index (χ2n) is 5.05. The fourth-order valence-corrected chi connectivity index (χ4v) is 3.46. The monoisotopic (exact) mass is 332 g/mol. The Kier molecular flexibility index (Phi) is 6.64. The van der Waals surface area contributed by atoms with Gasteiger partial charge in [-0.3, -0.25) is 9.69 Å². The van der Waals surface area contributed by atoms with Crippen molar-refractivity contribution in [3.05, 3.63) is 34.9 Å². The van der Waals surface area contributed by atoms with Crippen molar-refractivity contribution in [3.63, 3.8) is 0 Å². The van der Waals surface area contributed by atoms with Crippen LogP contribution in [0.4, 0.5) is 0 Å². The number of carbonyl (C=O) groups excluding carboxylic acids is 1. The van der Waals surface area contributed by atoms with Crippen LogP contribution >= 0.6 is 11.6 Å². The molecule has 21 heavy (non-hydrogen) atoms. The zero-order valence-electron chi connectivity index (χ0n) is 12.3. The van der Waals surface area contributed by atoms with Gasteiger partial charge >= 0.3 is 0 Å². The number of primary amides is 1. The van der Waals surface area contributed by atoms with Crippen LogP contribution in [0, 0.1) is 0 Å². The van der Waals surface area contributed by atoms with Gasteiger partial charge in [-0.25, -0.2) is 8.42 Å². The van der Waals surface area contributed by atoms with Gasteiger partial charge < -0.3 is 5.73 Å². The average Bonchev–Trinajstić information content (AvgIpc) is 2.42. The molecule has 0 fully saturated rings. The third-order valence-electron chi connectivity index (χ3n) is 3.43. The van der Waals surface area contributed by atoms with Crippen LogP contribution in [-0.2, 0) is 14.6 Å². The molecule has 0 aromatic heterocycles. The molecular formula is C14H21ClN2O3S. The average molecular weight is 333 g/mol. The zero-order chi connectivity index (χ0) is 16.0. The van der Waals surface area contributed by atoms with Crippen molar-refractivity contribution < 1.29 is 13.2 Å². The highest BCUT2D eigenvalue weighted by atomic mass is 35.5. The summed E-state index contributed by atoms with van der Waals surface area (Å²) in [5, 5.41) is 0.661. The van der Waals surface area contributed by atoms with Gasteiger partial charge in [-0.1, -0.05) is 29.8 Å². The molecule has 0 aliphatic rings. The number of sulfone groups is 1. The molecule has 0 spiro atoms. The second kappa shape index (κ2) is 7.77. The Hall–Kier alpha value is -1.11. The van der Waals surface area contributed by atoms with Gasteiger partial charge in [0, 0.05) is 24.0 Å². The number of nitrogens with zero attached hydrogens (tertiary/aromatic N) is 1. The molecule has 0 aliphatic carbocycles. The topological polar surface area (TPSA) is 80.5 Å². The highest BCUT2D eigenvalue weighted by Gasteiger charge is 2.18. The maximum atomic E-state index is 11.8. The van der Waals surface area contributed by atoms with Crippen LogP contribution in [0.3, 0.4) is 0 Å². The van der Waals surface area contributed by atoms with E-state index in [2.05, 4.69) is 0 Å². The van der Waals surface area contributed by atoms with E-state index in [9.17, 15) is 13.2 Å². The highest BCUT2D eigenvalue weighted by Crippen LogP contribution is 2.25. The Bertz CT molecular complexity index is 590. The van der Waals surface area contributed by atoms with Gasteiger partial charge in [0.05, 0.1) is 11.5 Å². The molecule has 1 rings (SSSR count). The lowest BCUT2D eigenvalue weighted by atomic mass is 10.1. The first-order chi connectivity index (χ1) is 9.73. The Labute approximate surface area is 131 Å². The van der Waals surface area contributed by atoms with Crippen molar-refractivity contribution in [2.24, 2.45) is 5.73 Å². The van der Waals surface area contributed by atoms with E-state index >= 15 is 0 Å². The molecular weight excluding hydrogens is 312 g/mol. The first kappa shape index (κ1) is 17.9. The van der Waals surface area contributed by atoms with E-state index in [4.69, 9.17) is 17.3 Å². The van der Waals surface area contributed by atoms with E-state index < -0.39 is 15.7 Å². The molecule has 0 saturated carbocycles. The minimum atomic E-state index is -3.27. The summed E-state index contributed by atoms with van der Waals surface area (Å²) < 4.78 is 23.6. The molecule has 0 radical (unpaired) electrons. The number of carbonyl (C=O) groups is 1. The fraction of sp³-hybridized carbons (Fsp3) is 0.500. The van der Waals surface area contributed by atoms with Crippen molar-refractivity contribution >= 4 is 27.3 Å². The van der Waals surface area contributed by atoms with Gasteiger partial charge in [0.2, 0.25) is 5.91 Å². The molecule has 0 aliphatic heterocycles. The molecule has 0 unspecified atom stereocenters. The van der Waals surface area contributed by atoms with Crippen LogP contribution in [0.2, 0.25) is 5.02 Å². The molecule has 2 N–H and O–H groups in total. The van der Waals surface area contributed by atoms with Gasteiger partial charge in [-0.05, 0) is 25.6 Å². The van der Waals surface area contributed by atoms with Crippen LogP contribution in [0.1, 0.15) is 24.9 Å². The number of halogens is 1. The van der Waals surface area contributed by atoms with Crippen molar-refractivity contribution in [1.29, 1.82) is 0 Å². The lowest BCUT2D eigenvalue weighted by Gasteiger charge is -2.25. The number of rotatable bonds is 8. The Morgan fingerprint density at radius 1 is 1.33 bits per heavy atom. The molecule has 0 saturated heterocycles. The largest absolute Gasteiger partial charge is 0.370 e. The molecule has 1 aromatic carbocycles. The Morgan fingerprint density at radius 2 is 1.95 bits per heavy atom. The lowest BCUT2D eigenvalue weighted by Crippen LogP contribution is -2.30. The third kappa shape index (κ3) is 6.03. The summed E-state index contributed by atoms with van der Waals surface area (Å²) in [6.45, 7) is 2.34. The maximum absolute atomic E-state index is 11.8. The van der Waals surface area contributed by atoms with E-state index in [0.717, 1.165) is 5.56 Å². The third-order valence-corrected chi connectivity index (χ3v) is 5.41. The summed E-state index contributed by atoms with van der Waals surface area (Å²) in [5.41, 5.74) is 5.92. The highest BCUT2D eigenvalue weighted by molar-refractivity contribution is 7.91. The zero-order valence-corrected chi connectivity index (χ0v) is 13.8. The van der Waals surface area contributed by atoms with Crippen molar-refractivity contribution in [2.45, 2.75) is 19.4 Å². The van der Waals surface area contributed by atoms with Crippen LogP contribution in [0.15, 0.2) is 24.3 Å². The molecule has 1 atom stereocenters. The van der Waals surface area contributed by atoms with Crippen LogP contribution in [0.25, 0.3) is 0 Å². The van der Waals surface area contributed by atoms with Crippen molar-refractivity contribution in [2.75, 3.05) is 25.1 Å². The SMILES string of the molecule is C[C@@H](c1ccccc1Cl)N(C)CCS(=O)(=O)CCC(N)=O. The number of amides is 1. The Balaban J connectivity index is 2.59. The summed E-state index contributed by atoms with van der Waals surface area (Å²) in [7, 11) is -1.43. The van der Waals surface area contributed by atoms with Gasteiger partial charge in [-0.15, -0.1) is 0 Å². The van der Waals surface area contributed by atoms with Gasteiger partial charge in [-0.2, -0.15) is 0 Å². The number of hydrogen-bond acceptors (Lipinski definition) is 4. The van der Waals surface area contributed by atoms with Gasteiger partial charge in [0.1, 0.15) is 0 Å². The molecule has 0 bridgehead atoms. The van der Waals surface area contributed by atoms with Crippen molar-refractivity contribution in [1.82, 2.24) is 4.90 Å². The summed E-state index contributed by atoms with van der Waals surface area (Å²) in [6, 6.07) is 7.49. The van der Waals surface area contributed by atoms with E-state index in [0.29, 0.717) is 11.6 Å². The minimum absolute atomic E-state index is 0.00467. The smallest absolute Gasteiger partial charge is 0.218 e. The van der Waals surface area contributed by atoms with Gasteiger partial charge in [0.15, 0.2) is 9.84 Å². The van der Waals surface area contributed by atoms with E-state index in [1.807, 2.05) is 43.1 Å². The summed E-state index contributed by atoms with van der Waals surface area (Å²) in [4.78, 5) is 12.6. The molecule has 118 valence electrons. The summed E-state index contributed by atoms with van der Waals surface area (Å²) in [5.74, 6) is -0.807. The van der Waals surface area contributed by atoms with Crippen molar-refractivity contribution in [3.8, 4) is 0 Å². The summed E-state index contributed by atoms with van der Waals surface area (Å²) >= 11 is 6.14. The normalized spacial score (nSPS) is 13.3. The molecule has 0 heterocycles. The number of hydrogen-bond donors (Lipinski definition) is 1. The van der Waals surface area contributed by atoms with E-state index in [-0.39, 0.29) is 24.0 Å².